The molecule has 0 spiro atoms. The summed E-state index contributed by atoms with van der Waals surface area (Å²) in [6.07, 6.45) is 1.85. The summed E-state index contributed by atoms with van der Waals surface area (Å²) >= 11 is 11.0. The fourth-order valence-corrected chi connectivity index (χ4v) is 2.09. The lowest BCUT2D eigenvalue weighted by molar-refractivity contribution is 0.299. The van der Waals surface area contributed by atoms with E-state index in [0.717, 1.165) is 5.69 Å². The molecule has 1 aromatic carbocycles. The van der Waals surface area contributed by atoms with Gasteiger partial charge < -0.3 is 10.5 Å². The van der Waals surface area contributed by atoms with E-state index in [1.54, 1.807) is 22.9 Å². The highest BCUT2D eigenvalue weighted by Gasteiger charge is 2.11. The molecule has 6 heteroatoms. The summed E-state index contributed by atoms with van der Waals surface area (Å²) in [5, 5.41) is 4.70. The SMILES string of the molecule is Cn1ccc(COc2cccc(Cl)c2C(N)=S)n1. The third-order valence-electron chi connectivity index (χ3n) is 2.37. The Labute approximate surface area is 115 Å². The van der Waals surface area contributed by atoms with E-state index >= 15 is 0 Å². The molecule has 1 heterocycles. The molecule has 2 N–H and O–H groups in total. The lowest BCUT2D eigenvalue weighted by atomic mass is 10.2. The number of benzene rings is 1. The zero-order chi connectivity index (χ0) is 13.1. The minimum absolute atomic E-state index is 0.219. The van der Waals surface area contributed by atoms with Crippen molar-refractivity contribution in [2.45, 2.75) is 6.61 Å². The van der Waals surface area contributed by atoms with Gasteiger partial charge in [-0.05, 0) is 18.2 Å². The zero-order valence-corrected chi connectivity index (χ0v) is 11.3. The van der Waals surface area contributed by atoms with Crippen molar-refractivity contribution < 1.29 is 4.74 Å². The Morgan fingerprint density at radius 3 is 2.89 bits per heavy atom. The second kappa shape index (κ2) is 5.37. The third kappa shape index (κ3) is 2.80. The van der Waals surface area contributed by atoms with E-state index in [2.05, 4.69) is 5.10 Å². The number of nitrogens with two attached hydrogens (primary N) is 1. The number of rotatable bonds is 4. The van der Waals surface area contributed by atoms with Crippen molar-refractivity contribution in [1.82, 2.24) is 9.78 Å². The van der Waals surface area contributed by atoms with Crippen LogP contribution in [0.3, 0.4) is 0 Å². The van der Waals surface area contributed by atoms with Crippen LogP contribution in [0.1, 0.15) is 11.3 Å². The summed E-state index contributed by atoms with van der Waals surface area (Å²) in [5.74, 6) is 0.570. The van der Waals surface area contributed by atoms with Crippen LogP contribution in [0, 0.1) is 0 Å². The molecular formula is C12H12ClN3OS. The second-order valence-corrected chi connectivity index (χ2v) is 4.59. The molecule has 2 rings (SSSR count). The van der Waals surface area contributed by atoms with Crippen LogP contribution in [0.2, 0.25) is 5.02 Å². The average molecular weight is 282 g/mol. The number of nitrogens with zero attached hydrogens (tertiary/aromatic N) is 2. The molecule has 94 valence electrons. The predicted molar refractivity (Wildman–Crippen MR) is 74.9 cm³/mol. The van der Waals surface area contributed by atoms with E-state index in [-0.39, 0.29) is 4.99 Å². The van der Waals surface area contributed by atoms with Gasteiger partial charge in [-0.1, -0.05) is 29.9 Å². The van der Waals surface area contributed by atoms with Crippen LogP contribution in [-0.4, -0.2) is 14.8 Å². The quantitative estimate of drug-likeness (QED) is 0.874. The van der Waals surface area contributed by atoms with Gasteiger partial charge in [0.25, 0.3) is 0 Å². The monoisotopic (exact) mass is 281 g/mol. The number of hydrogen-bond acceptors (Lipinski definition) is 3. The van der Waals surface area contributed by atoms with Crippen LogP contribution in [0.4, 0.5) is 0 Å². The predicted octanol–water partition coefficient (Wildman–Crippen LogP) is 2.29. The minimum Gasteiger partial charge on any atom is -0.486 e. The molecule has 0 atom stereocenters. The van der Waals surface area contributed by atoms with Gasteiger partial charge in [0.15, 0.2) is 0 Å². The molecule has 0 saturated heterocycles. The van der Waals surface area contributed by atoms with Gasteiger partial charge in [0, 0.05) is 13.2 Å². The summed E-state index contributed by atoms with van der Waals surface area (Å²) in [7, 11) is 1.85. The summed E-state index contributed by atoms with van der Waals surface area (Å²) in [5.41, 5.74) is 7.02. The topological polar surface area (TPSA) is 53.1 Å². The van der Waals surface area contributed by atoms with E-state index in [4.69, 9.17) is 34.3 Å². The molecule has 0 radical (unpaired) electrons. The number of ether oxygens (including phenoxy) is 1. The number of aromatic nitrogens is 2. The van der Waals surface area contributed by atoms with Crippen LogP contribution in [0.5, 0.6) is 5.75 Å². The smallest absolute Gasteiger partial charge is 0.132 e. The largest absolute Gasteiger partial charge is 0.486 e. The summed E-state index contributed by atoms with van der Waals surface area (Å²) < 4.78 is 7.36. The van der Waals surface area contributed by atoms with Crippen LogP contribution in [0.25, 0.3) is 0 Å². The molecule has 4 nitrogen and oxygen atoms in total. The lowest BCUT2D eigenvalue weighted by Gasteiger charge is -2.10. The fourth-order valence-electron chi connectivity index (χ4n) is 1.56. The van der Waals surface area contributed by atoms with Crippen molar-refractivity contribution in [3.05, 3.63) is 46.7 Å². The standard InChI is InChI=1S/C12H12ClN3OS/c1-16-6-5-8(15-16)7-17-10-4-2-3-9(13)11(10)12(14)18/h2-6H,7H2,1H3,(H2,14,18). The average Bonchev–Trinajstić information content (AvgIpc) is 2.72. The van der Waals surface area contributed by atoms with Crippen molar-refractivity contribution in [3.63, 3.8) is 0 Å². The van der Waals surface area contributed by atoms with Crippen LogP contribution in [-0.2, 0) is 13.7 Å². The first kappa shape index (κ1) is 12.9. The molecule has 1 aromatic heterocycles. The fraction of sp³-hybridized carbons (Fsp3) is 0.167. The second-order valence-electron chi connectivity index (χ2n) is 3.75. The van der Waals surface area contributed by atoms with Crippen molar-refractivity contribution in [2.24, 2.45) is 12.8 Å². The molecule has 0 amide bonds. The highest BCUT2D eigenvalue weighted by atomic mass is 35.5. The van der Waals surface area contributed by atoms with Gasteiger partial charge in [0.1, 0.15) is 17.3 Å². The zero-order valence-electron chi connectivity index (χ0n) is 9.76. The highest BCUT2D eigenvalue weighted by molar-refractivity contribution is 7.80. The Morgan fingerprint density at radius 2 is 2.28 bits per heavy atom. The van der Waals surface area contributed by atoms with Crippen LogP contribution in [0.15, 0.2) is 30.5 Å². The first-order valence-corrected chi connectivity index (χ1v) is 6.06. The Bertz CT molecular complexity index is 582. The van der Waals surface area contributed by atoms with Gasteiger partial charge in [-0.25, -0.2) is 0 Å². The minimum atomic E-state index is 0.219. The molecule has 2 aromatic rings. The lowest BCUT2D eigenvalue weighted by Crippen LogP contribution is -2.12. The summed E-state index contributed by atoms with van der Waals surface area (Å²) in [6, 6.07) is 7.18. The Hall–Kier alpha value is -1.59. The Balaban J connectivity index is 2.19. The number of thiocarbonyl (C=S) groups is 1. The molecule has 0 aliphatic carbocycles. The summed E-state index contributed by atoms with van der Waals surface area (Å²) in [4.78, 5) is 0.219. The molecule has 0 unspecified atom stereocenters. The van der Waals surface area contributed by atoms with E-state index in [9.17, 15) is 0 Å². The van der Waals surface area contributed by atoms with Gasteiger partial charge in [-0.3, -0.25) is 4.68 Å². The van der Waals surface area contributed by atoms with Gasteiger partial charge in [0.2, 0.25) is 0 Å². The maximum atomic E-state index is 6.04. The molecule has 0 aliphatic heterocycles. The molecular weight excluding hydrogens is 270 g/mol. The Morgan fingerprint density at radius 1 is 1.50 bits per heavy atom. The van der Waals surface area contributed by atoms with Crippen molar-refractivity contribution >= 4 is 28.8 Å². The van der Waals surface area contributed by atoms with E-state index in [1.165, 1.54) is 0 Å². The van der Waals surface area contributed by atoms with Gasteiger partial charge in [-0.15, -0.1) is 0 Å². The van der Waals surface area contributed by atoms with Crippen molar-refractivity contribution in [2.75, 3.05) is 0 Å². The molecule has 18 heavy (non-hydrogen) atoms. The first-order valence-electron chi connectivity index (χ1n) is 5.27. The number of halogens is 1. The third-order valence-corrected chi connectivity index (χ3v) is 2.89. The molecule has 0 fully saturated rings. The van der Waals surface area contributed by atoms with E-state index in [1.807, 2.05) is 19.3 Å². The van der Waals surface area contributed by atoms with Gasteiger partial charge in [0.05, 0.1) is 16.3 Å². The maximum Gasteiger partial charge on any atom is 0.132 e. The van der Waals surface area contributed by atoms with Gasteiger partial charge in [-0.2, -0.15) is 5.10 Å². The first-order chi connectivity index (χ1) is 8.58. The van der Waals surface area contributed by atoms with Crippen molar-refractivity contribution in [3.8, 4) is 5.75 Å². The molecule has 0 saturated carbocycles. The van der Waals surface area contributed by atoms with Crippen LogP contribution < -0.4 is 10.5 Å². The van der Waals surface area contributed by atoms with E-state index in [0.29, 0.717) is 22.9 Å². The molecule has 0 bridgehead atoms. The van der Waals surface area contributed by atoms with Crippen molar-refractivity contribution in [1.29, 1.82) is 0 Å². The highest BCUT2D eigenvalue weighted by Crippen LogP contribution is 2.26. The van der Waals surface area contributed by atoms with E-state index < -0.39 is 0 Å². The number of hydrogen-bond donors (Lipinski definition) is 1. The normalized spacial score (nSPS) is 10.3. The van der Waals surface area contributed by atoms with Crippen LogP contribution >= 0.6 is 23.8 Å². The summed E-state index contributed by atoms with van der Waals surface area (Å²) in [6.45, 7) is 0.344. The number of aryl methyl sites for hydroxylation is 1. The maximum absolute atomic E-state index is 6.04. The molecule has 0 aliphatic rings. The Kier molecular flexibility index (Phi) is 3.84. The van der Waals surface area contributed by atoms with Gasteiger partial charge >= 0.3 is 0 Å².